The highest BCUT2D eigenvalue weighted by Gasteiger charge is 2.32. The van der Waals surface area contributed by atoms with E-state index in [0.29, 0.717) is 11.8 Å². The summed E-state index contributed by atoms with van der Waals surface area (Å²) >= 11 is 0. The van der Waals surface area contributed by atoms with Gasteiger partial charge in [0.05, 0.1) is 5.92 Å². The molecule has 1 aromatic rings. The molecule has 82 valence electrons. The van der Waals surface area contributed by atoms with E-state index in [0.717, 1.165) is 24.6 Å². The highest BCUT2D eigenvalue weighted by molar-refractivity contribution is 5.07. The zero-order valence-electron chi connectivity index (χ0n) is 8.85. The van der Waals surface area contributed by atoms with E-state index < -0.39 is 0 Å². The lowest BCUT2D eigenvalue weighted by Gasteiger charge is -2.25. The van der Waals surface area contributed by atoms with Gasteiger partial charge in [-0.3, -0.25) is 0 Å². The predicted molar refractivity (Wildman–Crippen MR) is 55.5 cm³/mol. The molecule has 0 saturated heterocycles. The van der Waals surface area contributed by atoms with Crippen LogP contribution in [0.25, 0.3) is 0 Å². The van der Waals surface area contributed by atoms with Crippen molar-refractivity contribution in [2.75, 3.05) is 0 Å². The van der Waals surface area contributed by atoms with Gasteiger partial charge in [-0.25, -0.2) is 0 Å². The van der Waals surface area contributed by atoms with Gasteiger partial charge in [0.1, 0.15) is 0 Å². The Kier molecular flexibility index (Phi) is 2.24. The van der Waals surface area contributed by atoms with E-state index in [4.69, 9.17) is 10.3 Å². The molecule has 0 unspecified atom stereocenters. The standard InChI is InChI=1S/C11H17N3O/c12-9-4-2-1-3-8(9)11-13-10(14-15-11)7-5-6-7/h7-9H,1-6,12H2/t8-,9-/m1/s1. The molecule has 2 N–H and O–H groups in total. The maximum absolute atomic E-state index is 6.08. The average molecular weight is 207 g/mol. The maximum atomic E-state index is 6.08. The summed E-state index contributed by atoms with van der Waals surface area (Å²) in [5.74, 6) is 2.56. The number of hydrogen-bond acceptors (Lipinski definition) is 4. The Morgan fingerprint density at radius 1 is 1.13 bits per heavy atom. The van der Waals surface area contributed by atoms with E-state index in [1.807, 2.05) is 0 Å². The van der Waals surface area contributed by atoms with Crippen molar-refractivity contribution in [3.63, 3.8) is 0 Å². The first-order chi connectivity index (χ1) is 7.34. The Bertz CT molecular complexity index is 345. The van der Waals surface area contributed by atoms with Crippen LogP contribution in [0.1, 0.15) is 62.1 Å². The summed E-state index contributed by atoms with van der Waals surface area (Å²) < 4.78 is 5.33. The van der Waals surface area contributed by atoms with Gasteiger partial charge >= 0.3 is 0 Å². The SMILES string of the molecule is N[C@@H]1CCCC[C@H]1c1nc(C2CC2)no1. The molecular weight excluding hydrogens is 190 g/mol. The summed E-state index contributed by atoms with van der Waals surface area (Å²) in [5, 5.41) is 4.05. The Labute approximate surface area is 89.2 Å². The Morgan fingerprint density at radius 2 is 1.93 bits per heavy atom. The minimum absolute atomic E-state index is 0.214. The Hall–Kier alpha value is -0.900. The molecule has 1 heterocycles. The molecular formula is C11H17N3O. The molecule has 0 aliphatic heterocycles. The van der Waals surface area contributed by atoms with Crippen LogP contribution in [-0.4, -0.2) is 16.2 Å². The van der Waals surface area contributed by atoms with Gasteiger partial charge in [0.25, 0.3) is 0 Å². The zero-order chi connectivity index (χ0) is 10.3. The fraction of sp³-hybridized carbons (Fsp3) is 0.818. The zero-order valence-corrected chi connectivity index (χ0v) is 8.85. The van der Waals surface area contributed by atoms with E-state index in [2.05, 4.69) is 10.1 Å². The van der Waals surface area contributed by atoms with Crippen LogP contribution in [0, 0.1) is 0 Å². The van der Waals surface area contributed by atoms with E-state index in [9.17, 15) is 0 Å². The first-order valence-electron chi connectivity index (χ1n) is 5.93. The minimum atomic E-state index is 0.214. The fourth-order valence-electron chi connectivity index (χ4n) is 2.37. The lowest BCUT2D eigenvalue weighted by atomic mass is 9.85. The topological polar surface area (TPSA) is 64.9 Å². The van der Waals surface area contributed by atoms with Crippen molar-refractivity contribution in [2.24, 2.45) is 5.73 Å². The van der Waals surface area contributed by atoms with Crippen LogP contribution in [0.15, 0.2) is 4.52 Å². The Morgan fingerprint density at radius 3 is 2.67 bits per heavy atom. The third-order valence-electron chi connectivity index (χ3n) is 3.54. The van der Waals surface area contributed by atoms with Gasteiger partial charge in [0, 0.05) is 12.0 Å². The third kappa shape index (κ3) is 1.78. The van der Waals surface area contributed by atoms with Crippen LogP contribution in [0.3, 0.4) is 0 Å². The van der Waals surface area contributed by atoms with Crippen molar-refractivity contribution >= 4 is 0 Å². The van der Waals surface area contributed by atoms with E-state index in [1.165, 1.54) is 25.7 Å². The molecule has 4 nitrogen and oxygen atoms in total. The summed E-state index contributed by atoms with van der Waals surface area (Å²) in [6, 6.07) is 0.214. The second-order valence-corrected chi connectivity index (χ2v) is 4.82. The van der Waals surface area contributed by atoms with Crippen molar-refractivity contribution in [1.82, 2.24) is 10.1 Å². The van der Waals surface area contributed by atoms with Crippen molar-refractivity contribution < 1.29 is 4.52 Å². The predicted octanol–water partition coefficient (Wildman–Crippen LogP) is 1.93. The molecule has 2 saturated carbocycles. The van der Waals surface area contributed by atoms with E-state index in [-0.39, 0.29) is 6.04 Å². The summed E-state index contributed by atoms with van der Waals surface area (Å²) in [4.78, 5) is 4.49. The van der Waals surface area contributed by atoms with Crippen molar-refractivity contribution in [3.05, 3.63) is 11.7 Å². The van der Waals surface area contributed by atoms with Crippen molar-refractivity contribution in [3.8, 4) is 0 Å². The summed E-state index contributed by atoms with van der Waals surface area (Å²) in [6.45, 7) is 0. The number of hydrogen-bond donors (Lipinski definition) is 1. The fourth-order valence-corrected chi connectivity index (χ4v) is 2.37. The van der Waals surface area contributed by atoms with E-state index >= 15 is 0 Å². The molecule has 0 radical (unpaired) electrons. The average Bonchev–Trinajstić information content (AvgIpc) is 2.99. The van der Waals surface area contributed by atoms with Crippen molar-refractivity contribution in [2.45, 2.75) is 56.4 Å². The lowest BCUT2D eigenvalue weighted by Crippen LogP contribution is -2.31. The highest BCUT2D eigenvalue weighted by atomic mass is 16.5. The number of nitrogens with zero attached hydrogens (tertiary/aromatic N) is 2. The summed E-state index contributed by atoms with van der Waals surface area (Å²) in [7, 11) is 0. The highest BCUT2D eigenvalue weighted by Crippen LogP contribution is 2.39. The quantitative estimate of drug-likeness (QED) is 0.804. The number of rotatable bonds is 2. The molecule has 4 heteroatoms. The molecule has 0 spiro atoms. The van der Waals surface area contributed by atoms with Crippen LogP contribution in [0.4, 0.5) is 0 Å². The number of nitrogens with two attached hydrogens (primary N) is 1. The summed E-state index contributed by atoms with van der Waals surface area (Å²) in [6.07, 6.45) is 7.10. The van der Waals surface area contributed by atoms with Gasteiger partial charge in [-0.15, -0.1) is 0 Å². The molecule has 2 fully saturated rings. The molecule has 0 amide bonds. The molecule has 2 aliphatic carbocycles. The lowest BCUT2D eigenvalue weighted by molar-refractivity contribution is 0.289. The van der Waals surface area contributed by atoms with E-state index in [1.54, 1.807) is 0 Å². The minimum Gasteiger partial charge on any atom is -0.339 e. The van der Waals surface area contributed by atoms with Crippen LogP contribution in [0.2, 0.25) is 0 Å². The first-order valence-corrected chi connectivity index (χ1v) is 5.93. The monoisotopic (exact) mass is 207 g/mol. The van der Waals surface area contributed by atoms with Gasteiger partial charge in [-0.1, -0.05) is 18.0 Å². The van der Waals surface area contributed by atoms with Gasteiger partial charge in [-0.05, 0) is 25.7 Å². The van der Waals surface area contributed by atoms with Crippen LogP contribution in [-0.2, 0) is 0 Å². The van der Waals surface area contributed by atoms with Crippen LogP contribution in [0.5, 0.6) is 0 Å². The largest absolute Gasteiger partial charge is 0.339 e. The van der Waals surface area contributed by atoms with Gasteiger partial charge in [-0.2, -0.15) is 4.98 Å². The molecule has 2 aliphatic rings. The molecule has 0 bridgehead atoms. The number of aromatic nitrogens is 2. The second kappa shape index (κ2) is 3.59. The van der Waals surface area contributed by atoms with Gasteiger partial charge in [0.2, 0.25) is 5.89 Å². The molecule has 0 aromatic carbocycles. The van der Waals surface area contributed by atoms with Gasteiger partial charge < -0.3 is 10.3 Å². The summed E-state index contributed by atoms with van der Waals surface area (Å²) in [5.41, 5.74) is 6.08. The van der Waals surface area contributed by atoms with Crippen LogP contribution >= 0.6 is 0 Å². The third-order valence-corrected chi connectivity index (χ3v) is 3.54. The second-order valence-electron chi connectivity index (χ2n) is 4.82. The first kappa shape index (κ1) is 9.33. The van der Waals surface area contributed by atoms with Crippen molar-refractivity contribution in [1.29, 1.82) is 0 Å². The smallest absolute Gasteiger partial charge is 0.231 e. The van der Waals surface area contributed by atoms with Gasteiger partial charge in [0.15, 0.2) is 5.82 Å². The maximum Gasteiger partial charge on any atom is 0.231 e. The molecule has 15 heavy (non-hydrogen) atoms. The van der Waals surface area contributed by atoms with Crippen LogP contribution < -0.4 is 5.73 Å². The molecule has 2 atom stereocenters. The normalized spacial score (nSPS) is 31.8. The molecule has 3 rings (SSSR count). The Balaban J connectivity index is 1.78. The molecule has 1 aromatic heterocycles.